The van der Waals surface area contributed by atoms with E-state index in [1.807, 2.05) is 6.07 Å². The molecule has 224 valence electrons. The number of hydrogen-bond donors (Lipinski definition) is 2. The number of ether oxygens (including phenoxy) is 1. The number of amides is 2. The predicted molar refractivity (Wildman–Crippen MR) is 167 cm³/mol. The molecular formula is C29H23ClN6O6S2. The highest BCUT2D eigenvalue weighted by Crippen LogP contribution is 2.36. The van der Waals surface area contributed by atoms with Crippen LogP contribution in [0.25, 0.3) is 6.08 Å². The lowest BCUT2D eigenvalue weighted by Gasteiger charge is -2.13. The lowest BCUT2D eigenvalue weighted by atomic mass is 10.2. The van der Waals surface area contributed by atoms with Crippen LogP contribution in [0.2, 0.25) is 5.02 Å². The molecule has 44 heavy (non-hydrogen) atoms. The summed E-state index contributed by atoms with van der Waals surface area (Å²) in [5.74, 6) is 0.0147. The van der Waals surface area contributed by atoms with Crippen molar-refractivity contribution >= 4 is 68.3 Å². The second kappa shape index (κ2) is 13.7. The molecule has 0 saturated carbocycles. The lowest BCUT2D eigenvalue weighted by Crippen LogP contribution is -2.28. The number of pyridine rings is 1. The maximum atomic E-state index is 13.5. The van der Waals surface area contributed by atoms with Gasteiger partial charge in [-0.3, -0.25) is 19.5 Å². The Morgan fingerprint density at radius 2 is 1.98 bits per heavy atom. The van der Waals surface area contributed by atoms with Crippen LogP contribution in [-0.2, 0) is 26.2 Å². The molecule has 0 unspecified atom stereocenters. The van der Waals surface area contributed by atoms with Crippen LogP contribution < -0.4 is 15.2 Å². The van der Waals surface area contributed by atoms with Gasteiger partial charge in [0.05, 0.1) is 28.8 Å². The van der Waals surface area contributed by atoms with Crippen LogP contribution in [0.5, 0.6) is 5.75 Å². The minimum atomic E-state index is -3.86. The van der Waals surface area contributed by atoms with Gasteiger partial charge in [0.15, 0.2) is 11.8 Å². The van der Waals surface area contributed by atoms with Crippen LogP contribution in [0.3, 0.4) is 0 Å². The molecule has 2 aromatic carbocycles. The summed E-state index contributed by atoms with van der Waals surface area (Å²) in [6.07, 6.45) is 7.92. The van der Waals surface area contributed by atoms with E-state index in [9.17, 15) is 18.0 Å². The Morgan fingerprint density at radius 3 is 2.68 bits per heavy atom. The minimum Gasteiger partial charge on any atom is -0.483 e. The van der Waals surface area contributed by atoms with Gasteiger partial charge in [-0.25, -0.2) is 13.6 Å². The second-order valence-electron chi connectivity index (χ2n) is 9.08. The van der Waals surface area contributed by atoms with E-state index in [-0.39, 0.29) is 24.0 Å². The zero-order valence-corrected chi connectivity index (χ0v) is 25.1. The van der Waals surface area contributed by atoms with E-state index in [4.69, 9.17) is 25.9 Å². The fourth-order valence-electron chi connectivity index (χ4n) is 3.85. The summed E-state index contributed by atoms with van der Waals surface area (Å²) in [4.78, 5) is 31.8. The van der Waals surface area contributed by atoms with Crippen molar-refractivity contribution in [2.45, 2.75) is 11.4 Å². The summed E-state index contributed by atoms with van der Waals surface area (Å²) in [7, 11) is -3.86. The molecule has 4 aromatic rings. The average Bonchev–Trinajstić information content (AvgIpc) is 3.61. The van der Waals surface area contributed by atoms with Crippen LogP contribution in [0.4, 0.5) is 5.69 Å². The Balaban J connectivity index is 1.33. The molecule has 0 atom stereocenters. The molecule has 2 aromatic heterocycles. The van der Waals surface area contributed by atoms with E-state index in [1.54, 1.807) is 54.9 Å². The fraction of sp³-hybridized carbons (Fsp3) is 0.0690. The normalized spacial score (nSPS) is 15.4. The van der Waals surface area contributed by atoms with Crippen molar-refractivity contribution in [3.05, 3.63) is 112 Å². The number of hydrogen-bond acceptors (Lipinski definition) is 10. The summed E-state index contributed by atoms with van der Waals surface area (Å²) < 4.78 is 34.1. The van der Waals surface area contributed by atoms with E-state index in [0.29, 0.717) is 37.9 Å². The first kappa shape index (κ1) is 30.7. The molecule has 0 radical (unpaired) electrons. The van der Waals surface area contributed by atoms with Gasteiger partial charge in [-0.1, -0.05) is 17.7 Å². The monoisotopic (exact) mass is 650 g/mol. The van der Waals surface area contributed by atoms with Crippen molar-refractivity contribution in [1.29, 1.82) is 0 Å². The number of carbonyl (C=O) groups excluding carboxylic acids is 2. The number of aromatic nitrogens is 1. The number of nitrogens with two attached hydrogens (primary N) is 1. The van der Waals surface area contributed by atoms with E-state index in [1.165, 1.54) is 41.6 Å². The largest absolute Gasteiger partial charge is 0.483 e. The van der Waals surface area contributed by atoms with Gasteiger partial charge in [-0.2, -0.15) is 5.10 Å². The third-order valence-electron chi connectivity index (χ3n) is 5.90. The zero-order chi connectivity index (χ0) is 31.1. The topological polar surface area (TPSA) is 170 Å². The predicted octanol–water partition coefficient (Wildman–Crippen LogP) is 4.50. The average molecular weight is 651 g/mol. The van der Waals surface area contributed by atoms with E-state index < -0.39 is 15.9 Å². The SMILES string of the molecule is NS(=O)(=O)c1ccc(NC(=O)COc2ccc(Cl)cc2/C=C2\S/C(=N/N=C\c3cccnc3)N(Cc3ccco3)C2=O)cc1. The Labute approximate surface area is 261 Å². The number of sulfonamides is 1. The standard InChI is InChI=1S/C29H23ClN6O6S2/c30-21-5-10-25(42-18-27(37)34-22-6-8-24(9-7-22)44(31,39)40)20(13-21)14-26-28(38)36(17-23-4-2-12-41-23)29(43-26)35-33-16-19-3-1-11-32-15-19/h1-16H,17-18H2,(H,34,37)(H2,31,39,40)/b26-14-,33-16-,35-29+. The van der Waals surface area contributed by atoms with Gasteiger partial charge >= 0.3 is 0 Å². The van der Waals surface area contributed by atoms with Gasteiger partial charge in [0.2, 0.25) is 10.0 Å². The zero-order valence-electron chi connectivity index (χ0n) is 22.7. The number of amidine groups is 1. The molecule has 12 nitrogen and oxygen atoms in total. The first-order valence-corrected chi connectivity index (χ1v) is 15.5. The molecule has 1 aliphatic heterocycles. The van der Waals surface area contributed by atoms with Gasteiger partial charge in [-0.15, -0.1) is 5.10 Å². The summed E-state index contributed by atoms with van der Waals surface area (Å²) in [6, 6.07) is 17.2. The Bertz CT molecular complexity index is 1860. The smallest absolute Gasteiger partial charge is 0.267 e. The quantitative estimate of drug-likeness (QED) is 0.144. The minimum absolute atomic E-state index is 0.0823. The number of thioether (sulfide) groups is 1. The number of anilines is 1. The molecule has 1 saturated heterocycles. The molecule has 2 amide bonds. The van der Waals surface area contributed by atoms with Crippen molar-refractivity contribution in [2.75, 3.05) is 11.9 Å². The maximum absolute atomic E-state index is 13.5. The first-order chi connectivity index (χ1) is 21.2. The molecule has 5 rings (SSSR count). The number of carbonyl (C=O) groups is 2. The van der Waals surface area contributed by atoms with Crippen molar-refractivity contribution in [1.82, 2.24) is 9.88 Å². The number of primary sulfonamides is 1. The molecule has 1 fully saturated rings. The molecule has 3 heterocycles. The van der Waals surface area contributed by atoms with Crippen LogP contribution in [0.15, 0.2) is 110 Å². The Morgan fingerprint density at radius 1 is 1.16 bits per heavy atom. The van der Waals surface area contributed by atoms with Gasteiger partial charge < -0.3 is 14.5 Å². The number of benzene rings is 2. The van der Waals surface area contributed by atoms with Crippen molar-refractivity contribution in [2.24, 2.45) is 15.3 Å². The highest BCUT2D eigenvalue weighted by atomic mass is 35.5. The number of rotatable bonds is 10. The highest BCUT2D eigenvalue weighted by Gasteiger charge is 2.34. The number of furan rings is 1. The summed E-state index contributed by atoms with van der Waals surface area (Å²) >= 11 is 7.36. The highest BCUT2D eigenvalue weighted by molar-refractivity contribution is 8.18. The van der Waals surface area contributed by atoms with Gasteiger partial charge in [0.1, 0.15) is 11.5 Å². The Kier molecular flexibility index (Phi) is 9.55. The number of halogens is 1. The molecule has 15 heteroatoms. The second-order valence-corrected chi connectivity index (χ2v) is 12.1. The van der Waals surface area contributed by atoms with Crippen LogP contribution in [0, 0.1) is 0 Å². The number of nitrogens with one attached hydrogen (secondary N) is 1. The van der Waals surface area contributed by atoms with Crippen LogP contribution in [-0.4, -0.2) is 48.1 Å². The maximum Gasteiger partial charge on any atom is 0.267 e. The fourth-order valence-corrected chi connectivity index (χ4v) is 5.47. The van der Waals surface area contributed by atoms with Gasteiger partial charge in [0.25, 0.3) is 11.8 Å². The molecule has 3 N–H and O–H groups in total. The molecule has 1 aliphatic rings. The molecular weight excluding hydrogens is 628 g/mol. The molecule has 0 aliphatic carbocycles. The van der Waals surface area contributed by atoms with E-state index in [0.717, 1.165) is 17.3 Å². The van der Waals surface area contributed by atoms with Gasteiger partial charge in [0, 0.05) is 34.2 Å². The molecule has 0 spiro atoms. The van der Waals surface area contributed by atoms with Crippen LogP contribution >= 0.6 is 23.4 Å². The van der Waals surface area contributed by atoms with E-state index in [2.05, 4.69) is 20.5 Å². The summed E-state index contributed by atoms with van der Waals surface area (Å²) in [5, 5.41) is 16.9. The number of nitrogens with zero attached hydrogens (tertiary/aromatic N) is 4. The molecule has 0 bridgehead atoms. The third-order valence-corrected chi connectivity index (χ3v) is 8.06. The summed E-state index contributed by atoms with van der Waals surface area (Å²) in [5.41, 5.74) is 1.55. The van der Waals surface area contributed by atoms with Crippen molar-refractivity contribution in [3.8, 4) is 5.75 Å². The first-order valence-electron chi connectivity index (χ1n) is 12.8. The van der Waals surface area contributed by atoms with Crippen molar-refractivity contribution in [3.63, 3.8) is 0 Å². The lowest BCUT2D eigenvalue weighted by molar-refractivity contribution is -0.122. The summed E-state index contributed by atoms with van der Waals surface area (Å²) in [6.45, 7) is -0.245. The van der Waals surface area contributed by atoms with Crippen molar-refractivity contribution < 1.29 is 27.2 Å². The Hall–Kier alpha value is -4.76. The van der Waals surface area contributed by atoms with E-state index >= 15 is 0 Å². The van der Waals surface area contributed by atoms with Crippen LogP contribution in [0.1, 0.15) is 16.9 Å². The van der Waals surface area contributed by atoms with Gasteiger partial charge in [-0.05, 0) is 78.5 Å². The third kappa shape index (κ3) is 7.99.